The summed E-state index contributed by atoms with van der Waals surface area (Å²) in [7, 11) is -1.86. The molecule has 0 saturated heterocycles. The van der Waals surface area contributed by atoms with E-state index in [1.165, 1.54) is 22.6 Å². The maximum atomic E-state index is 13.0. The Kier molecular flexibility index (Phi) is 5.35. The minimum Gasteiger partial charge on any atom is -0.195 e. The lowest BCUT2D eigenvalue weighted by Crippen LogP contribution is -2.50. The molecule has 9 heteroatoms. The first-order valence-corrected chi connectivity index (χ1v) is 9.58. The molecule has 0 N–H and O–H groups in total. The lowest BCUT2D eigenvalue weighted by atomic mass is 10.1. The molecule has 0 nitrogen and oxygen atoms in total. The van der Waals surface area contributed by atoms with Gasteiger partial charge in [0.15, 0.2) is 0 Å². The lowest BCUT2D eigenvalue weighted by molar-refractivity contribution is -0.341. The van der Waals surface area contributed by atoms with Crippen molar-refractivity contribution in [3.05, 3.63) is 9.66 Å². The van der Waals surface area contributed by atoms with Crippen LogP contribution in [0.3, 0.4) is 0 Å². The van der Waals surface area contributed by atoms with Gasteiger partial charge in [0.05, 0.1) is 0 Å². The summed E-state index contributed by atoms with van der Waals surface area (Å²) in [6.45, 7) is 5.37. The molecule has 0 heterocycles. The third-order valence-corrected chi connectivity index (χ3v) is 4.67. The molecule has 0 fully saturated rings. The first-order chi connectivity index (χ1) is 7.60. The van der Waals surface area contributed by atoms with Crippen LogP contribution in [0, 0.1) is 0 Å². The molecule has 0 aromatic carbocycles. The minimum atomic E-state index is -6.27. The highest BCUT2D eigenvalue weighted by Gasteiger charge is 2.72. The molecule has 0 atom stereocenters. The van der Waals surface area contributed by atoms with E-state index in [0.717, 1.165) is 0 Å². The quantitative estimate of drug-likeness (QED) is 0.329. The number of hydrogen-bond donors (Lipinski definition) is 0. The third kappa shape index (κ3) is 4.70. The zero-order valence-corrected chi connectivity index (χ0v) is 13.0. The van der Waals surface area contributed by atoms with Crippen molar-refractivity contribution in [1.82, 2.24) is 0 Å². The van der Waals surface area contributed by atoms with E-state index in [1.54, 1.807) is 19.6 Å². The molecular formula is C9H12F7ISi. The molecule has 0 aromatic rings. The maximum Gasteiger partial charge on any atom is 0.460 e. The highest BCUT2D eigenvalue weighted by atomic mass is 127. The van der Waals surface area contributed by atoms with Crippen LogP contribution in [0.4, 0.5) is 30.7 Å². The van der Waals surface area contributed by atoms with Gasteiger partial charge < -0.3 is 0 Å². The first kappa shape index (κ1) is 18.2. The van der Waals surface area contributed by atoms with E-state index in [-0.39, 0.29) is 15.7 Å². The van der Waals surface area contributed by atoms with Crippen molar-refractivity contribution in [2.24, 2.45) is 0 Å². The van der Waals surface area contributed by atoms with E-state index in [1.807, 2.05) is 0 Å². The zero-order chi connectivity index (χ0) is 15.0. The van der Waals surface area contributed by atoms with Crippen LogP contribution < -0.4 is 0 Å². The Balaban J connectivity index is 5.24. The summed E-state index contributed by atoms with van der Waals surface area (Å²) in [5.41, 5.74) is 0. The van der Waals surface area contributed by atoms with Gasteiger partial charge in [0.2, 0.25) is 0 Å². The van der Waals surface area contributed by atoms with Gasteiger partial charge in [-0.15, -0.1) is 0 Å². The van der Waals surface area contributed by atoms with Crippen LogP contribution in [0.2, 0.25) is 25.7 Å². The van der Waals surface area contributed by atoms with Gasteiger partial charge in [0.1, 0.15) is 0 Å². The van der Waals surface area contributed by atoms with Crippen LogP contribution in [-0.4, -0.2) is 26.1 Å². The summed E-state index contributed by atoms with van der Waals surface area (Å²) >= 11 is 1.38. The largest absolute Gasteiger partial charge is 0.460 e. The van der Waals surface area contributed by atoms with Gasteiger partial charge in [-0.1, -0.05) is 19.6 Å². The summed E-state index contributed by atoms with van der Waals surface area (Å²) in [6.07, 6.45) is -6.55. The Labute approximate surface area is 115 Å². The molecule has 0 spiro atoms. The topological polar surface area (TPSA) is 0 Å². The summed E-state index contributed by atoms with van der Waals surface area (Å²) < 4.78 is 86.6. The van der Waals surface area contributed by atoms with Crippen molar-refractivity contribution < 1.29 is 30.7 Å². The Morgan fingerprint density at radius 3 is 1.67 bits per heavy atom. The van der Waals surface area contributed by atoms with Crippen LogP contribution in [0.15, 0.2) is 9.66 Å². The predicted molar refractivity (Wildman–Crippen MR) is 66.2 cm³/mol. The Bertz CT molecular complexity index is 327. The fourth-order valence-corrected chi connectivity index (χ4v) is 5.97. The van der Waals surface area contributed by atoms with Crippen LogP contribution >= 0.6 is 22.6 Å². The second-order valence-electron chi connectivity index (χ2n) is 5.02. The number of halogens is 8. The minimum absolute atomic E-state index is 0.122. The fraction of sp³-hybridized carbons (Fsp3) is 0.778. The molecular weight excluding hydrogens is 396 g/mol. The Hall–Kier alpha value is 0.197. The average Bonchev–Trinajstić information content (AvgIpc) is 1.95. The molecule has 0 saturated carbocycles. The summed E-state index contributed by atoms with van der Waals surface area (Å²) in [5, 5.41) is 0. The van der Waals surface area contributed by atoms with Gasteiger partial charge in [0.25, 0.3) is 0 Å². The SMILES string of the molecule is C[Si](C)(C)CC(I)=CC(F)(F)C(F)(F)C(F)(F)F. The molecule has 108 valence electrons. The van der Waals surface area contributed by atoms with E-state index in [9.17, 15) is 30.7 Å². The van der Waals surface area contributed by atoms with Crippen LogP contribution in [0.25, 0.3) is 0 Å². The first-order valence-electron chi connectivity index (χ1n) is 4.80. The molecule has 0 aliphatic carbocycles. The Morgan fingerprint density at radius 1 is 1.00 bits per heavy atom. The average molecular weight is 408 g/mol. The van der Waals surface area contributed by atoms with Gasteiger partial charge in [0, 0.05) is 14.1 Å². The molecule has 0 aliphatic rings. The van der Waals surface area contributed by atoms with E-state index in [4.69, 9.17) is 0 Å². The van der Waals surface area contributed by atoms with Gasteiger partial charge in [-0.3, -0.25) is 0 Å². The van der Waals surface area contributed by atoms with Crippen LogP contribution in [-0.2, 0) is 0 Å². The number of alkyl halides is 7. The summed E-state index contributed by atoms with van der Waals surface area (Å²) in [5.74, 6) is -11.3. The zero-order valence-electron chi connectivity index (χ0n) is 9.81. The molecule has 0 aliphatic heterocycles. The maximum absolute atomic E-state index is 13.0. The van der Waals surface area contributed by atoms with Crippen molar-refractivity contribution in [3.63, 3.8) is 0 Å². The fourth-order valence-electron chi connectivity index (χ4n) is 1.03. The molecule has 0 unspecified atom stereocenters. The number of allylic oxidation sites excluding steroid dienone is 2. The van der Waals surface area contributed by atoms with Crippen molar-refractivity contribution in [1.29, 1.82) is 0 Å². The van der Waals surface area contributed by atoms with Crippen molar-refractivity contribution >= 4 is 30.7 Å². The molecule has 0 bridgehead atoms. The lowest BCUT2D eigenvalue weighted by Gasteiger charge is -2.26. The van der Waals surface area contributed by atoms with Crippen LogP contribution in [0.1, 0.15) is 0 Å². The standard InChI is InChI=1S/C9H12F7ISi/c1-18(2,3)5-6(17)4-7(10,11)8(12,13)9(14,15)16/h4H,5H2,1-3H3. The van der Waals surface area contributed by atoms with Crippen LogP contribution in [0.5, 0.6) is 0 Å². The van der Waals surface area contributed by atoms with E-state index < -0.39 is 26.1 Å². The predicted octanol–water partition coefficient (Wildman–Crippen LogP) is 5.48. The van der Waals surface area contributed by atoms with E-state index >= 15 is 0 Å². The van der Waals surface area contributed by atoms with Crippen molar-refractivity contribution in [2.45, 2.75) is 43.7 Å². The van der Waals surface area contributed by atoms with Gasteiger partial charge in [-0.2, -0.15) is 30.7 Å². The molecule has 0 radical (unpaired) electrons. The molecule has 0 amide bonds. The smallest absolute Gasteiger partial charge is 0.195 e. The van der Waals surface area contributed by atoms with Crippen molar-refractivity contribution in [2.75, 3.05) is 0 Å². The summed E-state index contributed by atoms with van der Waals surface area (Å²) in [4.78, 5) is 0. The highest BCUT2D eigenvalue weighted by molar-refractivity contribution is 14.1. The second kappa shape index (κ2) is 5.29. The van der Waals surface area contributed by atoms with E-state index in [0.29, 0.717) is 0 Å². The van der Waals surface area contributed by atoms with Gasteiger partial charge in [-0.25, -0.2) is 0 Å². The number of hydrogen-bond acceptors (Lipinski definition) is 0. The van der Waals surface area contributed by atoms with Gasteiger partial charge in [-0.05, 0) is 32.2 Å². The van der Waals surface area contributed by atoms with Gasteiger partial charge >= 0.3 is 18.0 Å². The second-order valence-corrected chi connectivity index (χ2v) is 11.9. The van der Waals surface area contributed by atoms with Crippen molar-refractivity contribution in [3.8, 4) is 0 Å². The monoisotopic (exact) mass is 408 g/mol. The van der Waals surface area contributed by atoms with E-state index in [2.05, 4.69) is 0 Å². The Morgan fingerprint density at radius 2 is 1.39 bits per heavy atom. The molecule has 0 aromatic heterocycles. The third-order valence-electron chi connectivity index (χ3n) is 1.81. The number of rotatable bonds is 4. The normalized spacial score (nSPS) is 16.1. The molecule has 0 rings (SSSR count). The summed E-state index contributed by atoms with van der Waals surface area (Å²) in [6, 6.07) is 0.122. The highest BCUT2D eigenvalue weighted by Crippen LogP contribution is 2.48. The molecule has 18 heavy (non-hydrogen) atoms.